The van der Waals surface area contributed by atoms with Gasteiger partial charge in [-0.15, -0.1) is 0 Å². The molecular formula is C10H13N3O3. The van der Waals surface area contributed by atoms with Crippen LogP contribution in [-0.4, -0.2) is 35.7 Å². The molecule has 0 N–H and O–H groups in total. The highest BCUT2D eigenvalue weighted by Crippen LogP contribution is 2.19. The largest absolute Gasteiger partial charge is 0.377 e. The van der Waals surface area contributed by atoms with Gasteiger partial charge in [-0.05, 0) is 13.0 Å². The molecule has 1 aliphatic heterocycles. The van der Waals surface area contributed by atoms with E-state index in [0.717, 1.165) is 12.4 Å². The Balaban J connectivity index is 2.17. The van der Waals surface area contributed by atoms with Crippen LogP contribution in [0.15, 0.2) is 18.3 Å². The lowest BCUT2D eigenvalue weighted by atomic mass is 10.2. The number of ether oxygens (including phenoxy) is 1. The minimum atomic E-state index is -0.445. The van der Waals surface area contributed by atoms with Gasteiger partial charge in [-0.3, -0.25) is 10.1 Å². The minimum absolute atomic E-state index is 0.0182. The maximum atomic E-state index is 10.5. The van der Waals surface area contributed by atoms with E-state index >= 15 is 0 Å². The van der Waals surface area contributed by atoms with Crippen LogP contribution < -0.4 is 4.90 Å². The number of hydrogen-bond acceptors (Lipinski definition) is 5. The van der Waals surface area contributed by atoms with Crippen LogP contribution in [0.1, 0.15) is 6.92 Å². The molecule has 2 rings (SSSR count). The molecule has 2 heterocycles. The van der Waals surface area contributed by atoms with Gasteiger partial charge in [0.15, 0.2) is 0 Å². The Morgan fingerprint density at radius 2 is 2.44 bits per heavy atom. The van der Waals surface area contributed by atoms with Gasteiger partial charge in [0.2, 0.25) is 0 Å². The fourth-order valence-corrected chi connectivity index (χ4v) is 1.72. The second kappa shape index (κ2) is 4.44. The number of morpholine rings is 1. The highest BCUT2D eigenvalue weighted by Gasteiger charge is 2.20. The van der Waals surface area contributed by atoms with Crippen molar-refractivity contribution in [1.29, 1.82) is 0 Å². The number of hydrogen-bond donors (Lipinski definition) is 0. The Hall–Kier alpha value is -1.69. The van der Waals surface area contributed by atoms with E-state index in [9.17, 15) is 10.1 Å². The van der Waals surface area contributed by atoms with Crippen LogP contribution >= 0.6 is 0 Å². The number of anilines is 1. The van der Waals surface area contributed by atoms with Crippen molar-refractivity contribution < 1.29 is 9.66 Å². The molecule has 1 fully saturated rings. The maximum absolute atomic E-state index is 10.5. The van der Waals surface area contributed by atoms with E-state index in [4.69, 9.17) is 4.74 Å². The van der Waals surface area contributed by atoms with Gasteiger partial charge in [0.05, 0.1) is 24.2 Å². The standard InChI is InChI=1S/C10H13N3O3/c1-8-7-16-5-4-12(8)10-3-2-9(6-11-10)13(14)15/h2-3,6,8H,4-5,7H2,1H3/t8-/m1/s1. The lowest BCUT2D eigenvalue weighted by molar-refractivity contribution is -0.385. The van der Waals surface area contributed by atoms with E-state index < -0.39 is 4.92 Å². The second-order valence-electron chi connectivity index (χ2n) is 3.75. The van der Waals surface area contributed by atoms with Gasteiger partial charge >= 0.3 is 0 Å². The first-order chi connectivity index (χ1) is 7.68. The van der Waals surface area contributed by atoms with Gasteiger partial charge in [-0.25, -0.2) is 4.98 Å². The van der Waals surface area contributed by atoms with Crippen molar-refractivity contribution in [3.05, 3.63) is 28.4 Å². The Morgan fingerprint density at radius 1 is 1.62 bits per heavy atom. The molecule has 1 atom stereocenters. The Morgan fingerprint density at radius 3 is 3.00 bits per heavy atom. The summed E-state index contributed by atoms with van der Waals surface area (Å²) in [4.78, 5) is 16.2. The summed E-state index contributed by atoms with van der Waals surface area (Å²) in [7, 11) is 0. The normalized spacial score (nSPS) is 20.8. The Labute approximate surface area is 93.0 Å². The third-order valence-electron chi connectivity index (χ3n) is 2.60. The first-order valence-corrected chi connectivity index (χ1v) is 5.13. The van der Waals surface area contributed by atoms with Crippen molar-refractivity contribution in [2.75, 3.05) is 24.7 Å². The van der Waals surface area contributed by atoms with Crippen LogP contribution in [0, 0.1) is 10.1 Å². The number of nitro groups is 1. The summed E-state index contributed by atoms with van der Waals surface area (Å²) in [6, 6.07) is 3.41. The zero-order valence-electron chi connectivity index (χ0n) is 9.00. The molecule has 86 valence electrons. The summed E-state index contributed by atoms with van der Waals surface area (Å²) in [6.07, 6.45) is 1.29. The molecule has 1 aliphatic rings. The summed E-state index contributed by atoms with van der Waals surface area (Å²) in [5, 5.41) is 10.5. The topological polar surface area (TPSA) is 68.5 Å². The van der Waals surface area contributed by atoms with E-state index in [1.807, 2.05) is 6.92 Å². The van der Waals surface area contributed by atoms with Gasteiger partial charge in [0.25, 0.3) is 5.69 Å². The predicted molar refractivity (Wildman–Crippen MR) is 58.5 cm³/mol. The zero-order chi connectivity index (χ0) is 11.5. The third-order valence-corrected chi connectivity index (χ3v) is 2.60. The van der Waals surface area contributed by atoms with Gasteiger partial charge < -0.3 is 9.64 Å². The number of pyridine rings is 1. The van der Waals surface area contributed by atoms with Crippen LogP contribution in [0.4, 0.5) is 11.5 Å². The monoisotopic (exact) mass is 223 g/mol. The molecule has 0 aromatic carbocycles. The number of aromatic nitrogens is 1. The van der Waals surface area contributed by atoms with Crippen LogP contribution in [0.5, 0.6) is 0 Å². The van der Waals surface area contributed by atoms with E-state index in [1.165, 1.54) is 12.3 Å². The summed E-state index contributed by atoms with van der Waals surface area (Å²) in [6.45, 7) is 4.15. The Kier molecular flexibility index (Phi) is 3.00. The minimum Gasteiger partial charge on any atom is -0.377 e. The number of nitrogens with zero attached hydrogens (tertiary/aromatic N) is 3. The van der Waals surface area contributed by atoms with Gasteiger partial charge in [-0.2, -0.15) is 0 Å². The van der Waals surface area contributed by atoms with Crippen molar-refractivity contribution >= 4 is 11.5 Å². The van der Waals surface area contributed by atoms with Gasteiger partial charge in [-0.1, -0.05) is 0 Å². The van der Waals surface area contributed by atoms with Crippen molar-refractivity contribution in [2.24, 2.45) is 0 Å². The predicted octanol–water partition coefficient (Wildman–Crippen LogP) is 1.21. The van der Waals surface area contributed by atoms with Crippen molar-refractivity contribution in [3.63, 3.8) is 0 Å². The second-order valence-corrected chi connectivity index (χ2v) is 3.75. The smallest absolute Gasteiger partial charge is 0.287 e. The maximum Gasteiger partial charge on any atom is 0.287 e. The van der Waals surface area contributed by atoms with Crippen LogP contribution in [0.3, 0.4) is 0 Å². The molecule has 0 spiro atoms. The SMILES string of the molecule is C[C@@H]1COCCN1c1ccc([N+](=O)[O-])cn1. The molecule has 0 unspecified atom stereocenters. The first kappa shape index (κ1) is 10.8. The highest BCUT2D eigenvalue weighted by molar-refractivity contribution is 5.44. The van der Waals surface area contributed by atoms with Crippen molar-refractivity contribution in [1.82, 2.24) is 4.98 Å². The van der Waals surface area contributed by atoms with Crippen molar-refractivity contribution in [3.8, 4) is 0 Å². The average molecular weight is 223 g/mol. The molecule has 16 heavy (non-hydrogen) atoms. The zero-order valence-corrected chi connectivity index (χ0v) is 9.00. The van der Waals surface area contributed by atoms with E-state index in [2.05, 4.69) is 9.88 Å². The van der Waals surface area contributed by atoms with Crippen LogP contribution in [0.2, 0.25) is 0 Å². The summed E-state index contributed by atoms with van der Waals surface area (Å²) >= 11 is 0. The third kappa shape index (κ3) is 2.11. The molecule has 0 bridgehead atoms. The fraction of sp³-hybridized carbons (Fsp3) is 0.500. The molecule has 1 aromatic rings. The molecule has 0 radical (unpaired) electrons. The molecular weight excluding hydrogens is 210 g/mol. The quantitative estimate of drug-likeness (QED) is 0.557. The van der Waals surface area contributed by atoms with Gasteiger partial charge in [0.1, 0.15) is 12.0 Å². The molecule has 6 nitrogen and oxygen atoms in total. The first-order valence-electron chi connectivity index (χ1n) is 5.13. The summed E-state index contributed by atoms with van der Waals surface area (Å²) < 4.78 is 5.32. The molecule has 0 aliphatic carbocycles. The molecule has 6 heteroatoms. The van der Waals surface area contributed by atoms with Crippen LogP contribution in [0.25, 0.3) is 0 Å². The highest BCUT2D eigenvalue weighted by atomic mass is 16.6. The van der Waals surface area contributed by atoms with Crippen molar-refractivity contribution in [2.45, 2.75) is 13.0 Å². The van der Waals surface area contributed by atoms with Gasteiger partial charge in [0, 0.05) is 12.6 Å². The molecule has 0 saturated carbocycles. The van der Waals surface area contributed by atoms with Crippen LogP contribution in [-0.2, 0) is 4.74 Å². The lowest BCUT2D eigenvalue weighted by Crippen LogP contribution is -2.44. The lowest BCUT2D eigenvalue weighted by Gasteiger charge is -2.34. The average Bonchev–Trinajstić information content (AvgIpc) is 2.30. The Bertz CT molecular complexity index is 379. The fourth-order valence-electron chi connectivity index (χ4n) is 1.72. The molecule has 1 aromatic heterocycles. The summed E-state index contributed by atoms with van der Waals surface area (Å²) in [5.41, 5.74) is 0.0182. The van der Waals surface area contributed by atoms with E-state index in [1.54, 1.807) is 6.07 Å². The summed E-state index contributed by atoms with van der Waals surface area (Å²) in [5.74, 6) is 0.765. The molecule has 1 saturated heterocycles. The van der Waals surface area contributed by atoms with E-state index in [0.29, 0.717) is 13.2 Å². The molecule has 0 amide bonds. The van der Waals surface area contributed by atoms with E-state index in [-0.39, 0.29) is 11.7 Å². The number of rotatable bonds is 2.